The Balaban J connectivity index is 1.14. The van der Waals surface area contributed by atoms with Crippen molar-refractivity contribution in [2.75, 3.05) is 4.90 Å². The van der Waals surface area contributed by atoms with E-state index >= 15 is 0 Å². The van der Waals surface area contributed by atoms with E-state index in [1.165, 1.54) is 95.9 Å². The fraction of sp³-hybridized carbons (Fsp3) is 0.208. The lowest BCUT2D eigenvalue weighted by atomic mass is 9.69. The second kappa shape index (κ2) is 10.0. The van der Waals surface area contributed by atoms with Crippen LogP contribution in [0.5, 0.6) is 0 Å². The third kappa shape index (κ3) is 3.64. The highest BCUT2D eigenvalue weighted by atomic mass is 16.3. The van der Waals surface area contributed by atoms with Gasteiger partial charge in [-0.05, 0) is 119 Å². The van der Waals surface area contributed by atoms with Gasteiger partial charge in [0.15, 0.2) is 0 Å². The average molecular weight is 659 g/mol. The summed E-state index contributed by atoms with van der Waals surface area (Å²) in [5.41, 5.74) is 17.3. The van der Waals surface area contributed by atoms with Gasteiger partial charge in [-0.25, -0.2) is 0 Å². The molecule has 0 saturated heterocycles. The van der Waals surface area contributed by atoms with Crippen molar-refractivity contribution in [1.29, 1.82) is 0 Å². The highest BCUT2D eigenvalue weighted by Gasteiger charge is 2.50. The van der Waals surface area contributed by atoms with E-state index in [0.717, 1.165) is 24.0 Å². The standard InChI is InChI=1S/C48H38N2O/c1-27-24-28(2)43-41(25-27)49(31-18-19-32-34-15-8-10-29-11-9-16-35(44(29)34)38(32)26-31)40-23-21-37-45-39(50(47(37)46(40)43)30-12-4-3-5-13-30)22-20-36-33-14-6-7-17-42(33)51-48(36)45/h3-20,22,26-28,41,43H,21,23-25H2,1-2H3. The number of nitrogens with zero attached hydrogens (tertiary/aromatic N) is 2. The smallest absolute Gasteiger partial charge is 0.145 e. The molecule has 2 aromatic heterocycles. The Labute approximate surface area is 297 Å². The Bertz CT molecular complexity index is 2810. The molecule has 1 saturated carbocycles. The van der Waals surface area contributed by atoms with E-state index < -0.39 is 0 Å². The van der Waals surface area contributed by atoms with E-state index in [2.05, 4.69) is 145 Å². The SMILES string of the molecule is CC1CC(C)C2C3=C(CCc4c3n(-c3ccccc3)c3ccc5c6ccccc6oc5c43)N(c3ccc4c(c3)-c3cccc5cccc-4c35)C2C1. The molecule has 0 radical (unpaired) electrons. The molecule has 0 bridgehead atoms. The molecule has 12 rings (SSSR count). The number of hydrogen-bond acceptors (Lipinski definition) is 2. The monoisotopic (exact) mass is 658 g/mol. The first kappa shape index (κ1) is 28.2. The van der Waals surface area contributed by atoms with Crippen molar-refractivity contribution in [2.45, 2.75) is 45.6 Å². The number of hydrogen-bond donors (Lipinski definition) is 0. The second-order valence-corrected chi connectivity index (χ2v) is 15.7. The van der Waals surface area contributed by atoms with Crippen LogP contribution in [0.25, 0.3) is 77.1 Å². The zero-order valence-corrected chi connectivity index (χ0v) is 29.0. The largest absolute Gasteiger partial charge is 0.455 e. The molecule has 4 atom stereocenters. The molecule has 51 heavy (non-hydrogen) atoms. The van der Waals surface area contributed by atoms with E-state index in [1.54, 1.807) is 5.57 Å². The number of anilines is 1. The summed E-state index contributed by atoms with van der Waals surface area (Å²) in [4.78, 5) is 2.82. The molecule has 0 spiro atoms. The van der Waals surface area contributed by atoms with Crippen molar-refractivity contribution < 1.29 is 4.42 Å². The number of allylic oxidation sites excluding steroid dienone is 1. The van der Waals surface area contributed by atoms with Gasteiger partial charge in [0.05, 0.1) is 11.2 Å². The lowest BCUT2D eigenvalue weighted by Crippen LogP contribution is -2.41. The van der Waals surface area contributed by atoms with E-state index in [1.807, 2.05) is 0 Å². The van der Waals surface area contributed by atoms with Gasteiger partial charge in [-0.1, -0.05) is 92.7 Å². The molecule has 0 N–H and O–H groups in total. The number of rotatable bonds is 2. The number of benzene rings is 6. The molecular weight excluding hydrogens is 621 g/mol. The van der Waals surface area contributed by atoms with Gasteiger partial charge in [0.1, 0.15) is 11.2 Å². The number of aryl methyl sites for hydroxylation is 1. The van der Waals surface area contributed by atoms with Crippen molar-refractivity contribution >= 4 is 54.9 Å². The number of aromatic nitrogens is 1. The third-order valence-electron chi connectivity index (χ3n) is 12.9. The first-order chi connectivity index (χ1) is 25.1. The summed E-state index contributed by atoms with van der Waals surface area (Å²) in [6.45, 7) is 5.01. The first-order valence-electron chi connectivity index (χ1n) is 18.9. The minimum atomic E-state index is 0.436. The lowest BCUT2D eigenvalue weighted by molar-refractivity contribution is 0.224. The first-order valence-corrected chi connectivity index (χ1v) is 18.9. The Morgan fingerprint density at radius 2 is 1.43 bits per heavy atom. The van der Waals surface area contributed by atoms with E-state index in [0.29, 0.717) is 23.8 Å². The summed E-state index contributed by atoms with van der Waals surface area (Å²) in [5, 5.41) is 6.44. The zero-order valence-electron chi connectivity index (χ0n) is 29.0. The lowest BCUT2D eigenvalue weighted by Gasteiger charge is -2.41. The average Bonchev–Trinajstić information content (AvgIpc) is 3.89. The molecule has 4 aliphatic rings. The van der Waals surface area contributed by atoms with Gasteiger partial charge in [0, 0.05) is 50.8 Å². The molecule has 3 heterocycles. The zero-order chi connectivity index (χ0) is 33.5. The van der Waals surface area contributed by atoms with Crippen LogP contribution in [-0.4, -0.2) is 10.6 Å². The summed E-state index contributed by atoms with van der Waals surface area (Å²) >= 11 is 0. The van der Waals surface area contributed by atoms with Gasteiger partial charge >= 0.3 is 0 Å². The van der Waals surface area contributed by atoms with Crippen LogP contribution in [0.15, 0.2) is 131 Å². The van der Waals surface area contributed by atoms with E-state index in [9.17, 15) is 0 Å². The van der Waals surface area contributed by atoms with Crippen molar-refractivity contribution in [3.8, 4) is 27.9 Å². The summed E-state index contributed by atoms with van der Waals surface area (Å²) < 4.78 is 9.37. The van der Waals surface area contributed by atoms with Crippen LogP contribution < -0.4 is 4.90 Å². The third-order valence-corrected chi connectivity index (χ3v) is 12.9. The molecule has 246 valence electrons. The molecule has 8 aromatic rings. The maximum Gasteiger partial charge on any atom is 0.145 e. The van der Waals surface area contributed by atoms with Gasteiger partial charge in [0.2, 0.25) is 0 Å². The molecule has 4 unspecified atom stereocenters. The van der Waals surface area contributed by atoms with Crippen LogP contribution in [0.3, 0.4) is 0 Å². The number of fused-ring (bicyclic) bond motifs is 13. The fourth-order valence-electron chi connectivity index (χ4n) is 11.2. The summed E-state index contributed by atoms with van der Waals surface area (Å²) in [5.74, 6) is 1.73. The van der Waals surface area contributed by atoms with Crippen LogP contribution in [-0.2, 0) is 6.42 Å². The molecule has 3 nitrogen and oxygen atoms in total. The normalized spacial score (nSPS) is 21.9. The topological polar surface area (TPSA) is 21.3 Å². The van der Waals surface area contributed by atoms with Gasteiger partial charge in [-0.2, -0.15) is 0 Å². The van der Waals surface area contributed by atoms with Crippen LogP contribution in [0.2, 0.25) is 0 Å². The van der Waals surface area contributed by atoms with Crippen LogP contribution in [0.1, 0.15) is 44.4 Å². The van der Waals surface area contributed by atoms with Crippen molar-refractivity contribution in [1.82, 2.24) is 4.57 Å². The minimum Gasteiger partial charge on any atom is -0.455 e. The number of furan rings is 1. The van der Waals surface area contributed by atoms with Crippen molar-refractivity contribution in [2.24, 2.45) is 17.8 Å². The van der Waals surface area contributed by atoms with Gasteiger partial charge < -0.3 is 13.9 Å². The number of para-hydroxylation sites is 2. The Kier molecular flexibility index (Phi) is 5.55. The van der Waals surface area contributed by atoms with E-state index in [4.69, 9.17) is 4.42 Å². The molecule has 1 fully saturated rings. The fourth-order valence-corrected chi connectivity index (χ4v) is 11.2. The van der Waals surface area contributed by atoms with Gasteiger partial charge in [-0.3, -0.25) is 0 Å². The van der Waals surface area contributed by atoms with E-state index in [-0.39, 0.29) is 0 Å². The highest BCUT2D eigenvalue weighted by Crippen LogP contribution is 2.58. The maximum absolute atomic E-state index is 6.78. The summed E-state index contributed by atoms with van der Waals surface area (Å²) in [7, 11) is 0. The van der Waals surface area contributed by atoms with Crippen molar-refractivity contribution in [3.63, 3.8) is 0 Å². The van der Waals surface area contributed by atoms with Crippen molar-refractivity contribution in [3.05, 3.63) is 138 Å². The highest BCUT2D eigenvalue weighted by molar-refractivity contribution is 6.18. The predicted octanol–water partition coefficient (Wildman–Crippen LogP) is 12.6. The van der Waals surface area contributed by atoms with Crippen LogP contribution in [0.4, 0.5) is 5.69 Å². The predicted molar refractivity (Wildman–Crippen MR) is 211 cm³/mol. The Morgan fingerprint density at radius 1 is 0.627 bits per heavy atom. The van der Waals surface area contributed by atoms with Gasteiger partial charge in [-0.15, -0.1) is 0 Å². The molecule has 3 heteroatoms. The summed E-state index contributed by atoms with van der Waals surface area (Å²) in [6.07, 6.45) is 4.51. The minimum absolute atomic E-state index is 0.436. The molecule has 0 amide bonds. The molecular formula is C48H38N2O. The van der Waals surface area contributed by atoms with Crippen LogP contribution >= 0.6 is 0 Å². The molecule has 6 aromatic carbocycles. The Morgan fingerprint density at radius 3 is 2.29 bits per heavy atom. The molecule has 1 aliphatic heterocycles. The quantitative estimate of drug-likeness (QED) is 0.184. The van der Waals surface area contributed by atoms with Gasteiger partial charge in [0.25, 0.3) is 0 Å². The Hall–Kier alpha value is -5.54. The van der Waals surface area contributed by atoms with Crippen LogP contribution in [0, 0.1) is 17.8 Å². The molecule has 3 aliphatic carbocycles. The summed E-state index contributed by atoms with van der Waals surface area (Å²) in [6, 6.07) is 45.6. The second-order valence-electron chi connectivity index (χ2n) is 15.7. The maximum atomic E-state index is 6.78.